The number of halogens is 3. The number of likely N-dealkylation sites (tertiary alicyclic amines) is 1. The lowest BCUT2D eigenvalue weighted by molar-refractivity contribution is -0.274. The van der Waals surface area contributed by atoms with Gasteiger partial charge in [0.2, 0.25) is 5.91 Å². The van der Waals surface area contributed by atoms with Crippen molar-refractivity contribution in [2.45, 2.75) is 44.8 Å². The molecule has 0 spiro atoms. The third kappa shape index (κ3) is 5.95. The highest BCUT2D eigenvalue weighted by molar-refractivity contribution is 5.78. The highest BCUT2D eigenvalue weighted by atomic mass is 19.4. The van der Waals surface area contributed by atoms with Gasteiger partial charge in [-0.1, -0.05) is 18.2 Å². The normalized spacial score (nSPS) is 17.2. The zero-order valence-corrected chi connectivity index (χ0v) is 15.3. The SMILES string of the molecule is O=C1CCC(CCNCc2cccnc2)N1Cc1ccc(OC(F)(F)F)cc1. The number of rotatable bonds is 8. The summed E-state index contributed by atoms with van der Waals surface area (Å²) in [7, 11) is 0. The standard InChI is InChI=1S/C20H22F3N3O2/c21-20(22,23)28-18-6-3-15(4-7-18)14-26-17(5-8-19(26)27)9-11-25-13-16-2-1-10-24-12-16/h1-4,6-7,10,12,17,25H,5,8-9,11,13-14H2. The lowest BCUT2D eigenvalue weighted by atomic mass is 10.1. The average molecular weight is 393 g/mol. The van der Waals surface area contributed by atoms with Crippen molar-refractivity contribution in [2.75, 3.05) is 6.54 Å². The number of nitrogens with one attached hydrogen (secondary N) is 1. The van der Waals surface area contributed by atoms with E-state index in [2.05, 4.69) is 15.0 Å². The van der Waals surface area contributed by atoms with E-state index < -0.39 is 6.36 Å². The zero-order chi connectivity index (χ0) is 20.0. The number of benzene rings is 1. The van der Waals surface area contributed by atoms with Crippen LogP contribution < -0.4 is 10.1 Å². The van der Waals surface area contributed by atoms with Gasteiger partial charge in [-0.15, -0.1) is 13.2 Å². The lowest BCUT2D eigenvalue weighted by Crippen LogP contribution is -2.34. The molecule has 1 fully saturated rings. The first kappa shape index (κ1) is 20.1. The van der Waals surface area contributed by atoms with Crippen LogP contribution >= 0.6 is 0 Å². The fourth-order valence-electron chi connectivity index (χ4n) is 3.31. The molecule has 1 unspecified atom stereocenters. The first-order valence-corrected chi connectivity index (χ1v) is 9.14. The van der Waals surface area contributed by atoms with Crippen molar-refractivity contribution >= 4 is 5.91 Å². The van der Waals surface area contributed by atoms with Crippen LogP contribution in [0.5, 0.6) is 5.75 Å². The van der Waals surface area contributed by atoms with Gasteiger partial charge in [0.15, 0.2) is 0 Å². The number of pyridine rings is 1. The third-order valence-electron chi connectivity index (χ3n) is 4.67. The number of carbonyl (C=O) groups excluding carboxylic acids is 1. The Hall–Kier alpha value is -2.61. The van der Waals surface area contributed by atoms with E-state index in [0.717, 1.165) is 37.1 Å². The summed E-state index contributed by atoms with van der Waals surface area (Å²) < 4.78 is 40.6. The molecule has 0 radical (unpaired) electrons. The van der Waals surface area contributed by atoms with E-state index in [-0.39, 0.29) is 17.7 Å². The monoisotopic (exact) mass is 393 g/mol. The van der Waals surface area contributed by atoms with Gasteiger partial charge in [0.25, 0.3) is 0 Å². The molecule has 1 aromatic heterocycles. The van der Waals surface area contributed by atoms with Crippen LogP contribution in [0.2, 0.25) is 0 Å². The topological polar surface area (TPSA) is 54.5 Å². The molecular formula is C20H22F3N3O2. The Balaban J connectivity index is 1.49. The van der Waals surface area contributed by atoms with Crippen molar-refractivity contribution in [2.24, 2.45) is 0 Å². The van der Waals surface area contributed by atoms with E-state index in [0.29, 0.717) is 13.0 Å². The second-order valence-corrected chi connectivity index (χ2v) is 6.73. The van der Waals surface area contributed by atoms with Crippen LogP contribution in [-0.4, -0.2) is 34.7 Å². The van der Waals surface area contributed by atoms with Crippen molar-refractivity contribution in [1.82, 2.24) is 15.2 Å². The van der Waals surface area contributed by atoms with E-state index in [1.807, 2.05) is 23.2 Å². The number of hydrogen-bond donors (Lipinski definition) is 1. The summed E-state index contributed by atoms with van der Waals surface area (Å²) in [5, 5.41) is 3.36. The molecule has 1 atom stereocenters. The fraction of sp³-hybridized carbons (Fsp3) is 0.400. The number of ether oxygens (including phenoxy) is 1. The number of amides is 1. The molecule has 0 aliphatic carbocycles. The van der Waals surface area contributed by atoms with Crippen LogP contribution in [0.25, 0.3) is 0 Å². The Morgan fingerprint density at radius 1 is 1.18 bits per heavy atom. The number of hydrogen-bond acceptors (Lipinski definition) is 4. The highest BCUT2D eigenvalue weighted by Gasteiger charge is 2.32. The van der Waals surface area contributed by atoms with Gasteiger partial charge in [-0.3, -0.25) is 9.78 Å². The van der Waals surface area contributed by atoms with Crippen molar-refractivity contribution < 1.29 is 22.7 Å². The maximum Gasteiger partial charge on any atom is 0.573 e. The molecule has 150 valence electrons. The summed E-state index contributed by atoms with van der Waals surface area (Å²) in [4.78, 5) is 18.1. The Kier molecular flexibility index (Phi) is 6.51. The summed E-state index contributed by atoms with van der Waals surface area (Å²) in [6.45, 7) is 1.87. The molecule has 5 nitrogen and oxygen atoms in total. The Morgan fingerprint density at radius 3 is 2.64 bits per heavy atom. The van der Waals surface area contributed by atoms with Crippen LogP contribution in [-0.2, 0) is 17.9 Å². The van der Waals surface area contributed by atoms with Crippen LogP contribution in [0.3, 0.4) is 0 Å². The van der Waals surface area contributed by atoms with Gasteiger partial charge in [-0.2, -0.15) is 0 Å². The Labute approximate surface area is 161 Å². The zero-order valence-electron chi connectivity index (χ0n) is 15.3. The van der Waals surface area contributed by atoms with Gasteiger partial charge >= 0.3 is 6.36 Å². The smallest absolute Gasteiger partial charge is 0.406 e. The van der Waals surface area contributed by atoms with Gasteiger partial charge in [-0.05, 0) is 48.7 Å². The van der Waals surface area contributed by atoms with E-state index in [9.17, 15) is 18.0 Å². The van der Waals surface area contributed by atoms with Crippen molar-refractivity contribution in [1.29, 1.82) is 0 Å². The second kappa shape index (κ2) is 9.05. The minimum atomic E-state index is -4.71. The predicted molar refractivity (Wildman–Crippen MR) is 97.3 cm³/mol. The molecule has 2 heterocycles. The fourth-order valence-corrected chi connectivity index (χ4v) is 3.31. The molecule has 1 N–H and O–H groups in total. The minimum absolute atomic E-state index is 0.0767. The molecule has 3 rings (SSSR count). The van der Waals surface area contributed by atoms with Crippen molar-refractivity contribution in [3.05, 3.63) is 59.9 Å². The summed E-state index contributed by atoms with van der Waals surface area (Å²) in [5.74, 6) is -0.187. The van der Waals surface area contributed by atoms with Crippen LogP contribution in [0.1, 0.15) is 30.4 Å². The summed E-state index contributed by atoms with van der Waals surface area (Å²) in [6, 6.07) is 9.67. The van der Waals surface area contributed by atoms with Gasteiger partial charge in [0.05, 0.1) is 0 Å². The van der Waals surface area contributed by atoms with E-state index in [1.54, 1.807) is 18.3 Å². The van der Waals surface area contributed by atoms with Gasteiger partial charge in [-0.25, -0.2) is 0 Å². The maximum absolute atomic E-state index is 12.2. The van der Waals surface area contributed by atoms with E-state index >= 15 is 0 Å². The van der Waals surface area contributed by atoms with Gasteiger partial charge in [0, 0.05) is 37.9 Å². The van der Waals surface area contributed by atoms with Crippen molar-refractivity contribution in [3.63, 3.8) is 0 Å². The summed E-state index contributed by atoms with van der Waals surface area (Å²) in [6.07, 6.45) is 0.949. The second-order valence-electron chi connectivity index (χ2n) is 6.73. The Morgan fingerprint density at radius 2 is 1.96 bits per heavy atom. The first-order chi connectivity index (χ1) is 13.4. The van der Waals surface area contributed by atoms with Gasteiger partial charge in [0.1, 0.15) is 5.75 Å². The molecule has 28 heavy (non-hydrogen) atoms. The molecule has 1 aromatic carbocycles. The molecule has 8 heteroatoms. The number of aromatic nitrogens is 1. The largest absolute Gasteiger partial charge is 0.573 e. The Bertz CT molecular complexity index is 767. The molecule has 1 aliphatic rings. The first-order valence-electron chi connectivity index (χ1n) is 9.14. The minimum Gasteiger partial charge on any atom is -0.406 e. The molecule has 1 aliphatic heterocycles. The molecule has 0 saturated carbocycles. The average Bonchev–Trinajstić information content (AvgIpc) is 3.00. The molecule has 2 aromatic rings. The highest BCUT2D eigenvalue weighted by Crippen LogP contribution is 2.26. The summed E-state index contributed by atoms with van der Waals surface area (Å²) >= 11 is 0. The van der Waals surface area contributed by atoms with Crippen molar-refractivity contribution in [3.8, 4) is 5.75 Å². The number of carbonyl (C=O) groups is 1. The van der Waals surface area contributed by atoms with Crippen LogP contribution in [0, 0.1) is 0 Å². The predicted octanol–water partition coefficient (Wildman–Crippen LogP) is 3.65. The van der Waals surface area contributed by atoms with E-state index in [1.165, 1.54) is 12.1 Å². The van der Waals surface area contributed by atoms with Gasteiger partial charge < -0.3 is 15.0 Å². The summed E-state index contributed by atoms with van der Waals surface area (Å²) in [5.41, 5.74) is 1.88. The molecular weight excluding hydrogens is 371 g/mol. The molecule has 0 bridgehead atoms. The number of nitrogens with zero attached hydrogens (tertiary/aromatic N) is 2. The lowest BCUT2D eigenvalue weighted by Gasteiger charge is -2.25. The van der Waals surface area contributed by atoms with Crippen LogP contribution in [0.15, 0.2) is 48.8 Å². The molecule has 1 saturated heterocycles. The quantitative estimate of drug-likeness (QED) is 0.696. The van der Waals surface area contributed by atoms with Crippen LogP contribution in [0.4, 0.5) is 13.2 Å². The maximum atomic E-state index is 12.2. The number of alkyl halides is 3. The van der Waals surface area contributed by atoms with E-state index in [4.69, 9.17) is 0 Å². The molecule has 1 amide bonds. The third-order valence-corrected chi connectivity index (χ3v) is 4.67.